The van der Waals surface area contributed by atoms with Crippen molar-refractivity contribution >= 4 is 22.7 Å². The summed E-state index contributed by atoms with van der Waals surface area (Å²) in [6, 6.07) is 11.0. The molecule has 4 heteroatoms. The van der Waals surface area contributed by atoms with Crippen LogP contribution in [0, 0.1) is 0 Å². The largest absolute Gasteiger partial charge is 0.481 e. The summed E-state index contributed by atoms with van der Waals surface area (Å²) in [7, 11) is 0. The highest BCUT2D eigenvalue weighted by atomic mass is 16.4. The van der Waals surface area contributed by atoms with Gasteiger partial charge in [-0.15, -0.1) is 0 Å². The maximum Gasteiger partial charge on any atom is 0.307 e. The molecule has 0 heterocycles. The Balaban J connectivity index is 2.55. The number of hydrogen-bond acceptors (Lipinski definition) is 2. The molecule has 0 atom stereocenters. The Morgan fingerprint density at radius 3 is 1.56 bits per heavy atom. The lowest BCUT2D eigenvalue weighted by Gasteiger charge is -2.08. The van der Waals surface area contributed by atoms with Gasteiger partial charge in [0.15, 0.2) is 0 Å². The molecule has 0 bridgehead atoms. The summed E-state index contributed by atoms with van der Waals surface area (Å²) in [5, 5.41) is 19.5. The molecule has 0 aliphatic carbocycles. The summed E-state index contributed by atoms with van der Waals surface area (Å²) >= 11 is 0. The summed E-state index contributed by atoms with van der Waals surface area (Å²) < 4.78 is 0. The second-order valence-corrected chi connectivity index (χ2v) is 4.11. The molecule has 0 radical (unpaired) electrons. The average molecular weight is 244 g/mol. The lowest BCUT2D eigenvalue weighted by Crippen LogP contribution is -2.08. The third-order valence-corrected chi connectivity index (χ3v) is 2.75. The van der Waals surface area contributed by atoms with E-state index >= 15 is 0 Å². The smallest absolute Gasteiger partial charge is 0.307 e. The molecule has 4 nitrogen and oxygen atoms in total. The summed E-state index contributed by atoms with van der Waals surface area (Å²) in [6.07, 6.45) is -0.319. The molecular weight excluding hydrogens is 232 g/mol. The van der Waals surface area contributed by atoms with Crippen LogP contribution >= 0.6 is 0 Å². The quantitative estimate of drug-likeness (QED) is 0.863. The van der Waals surface area contributed by atoms with Crippen LogP contribution in [0.3, 0.4) is 0 Å². The molecule has 92 valence electrons. The van der Waals surface area contributed by atoms with Gasteiger partial charge >= 0.3 is 11.9 Å². The standard InChI is InChI=1S/C14H12O4/c15-13(16)7-11-5-9-3-1-2-4-10(9)6-12(11)8-14(17)18/h1-6H,7-8H2,(H,15,16)(H,17,18). The van der Waals surface area contributed by atoms with Crippen molar-refractivity contribution in [3.05, 3.63) is 47.5 Å². The van der Waals surface area contributed by atoms with Gasteiger partial charge in [-0.2, -0.15) is 0 Å². The monoisotopic (exact) mass is 244 g/mol. The highest BCUT2D eigenvalue weighted by Crippen LogP contribution is 2.21. The molecule has 2 aromatic rings. The first-order chi connectivity index (χ1) is 8.56. The van der Waals surface area contributed by atoms with Crippen molar-refractivity contribution in [3.63, 3.8) is 0 Å². The van der Waals surface area contributed by atoms with Gasteiger partial charge in [0, 0.05) is 0 Å². The number of carboxylic acids is 2. The number of fused-ring (bicyclic) bond motifs is 1. The van der Waals surface area contributed by atoms with E-state index in [9.17, 15) is 9.59 Å². The van der Waals surface area contributed by atoms with Gasteiger partial charge in [0.25, 0.3) is 0 Å². The number of carboxylic acid groups (broad SMARTS) is 2. The van der Waals surface area contributed by atoms with E-state index in [1.54, 1.807) is 12.1 Å². The Morgan fingerprint density at radius 1 is 0.833 bits per heavy atom. The molecule has 0 saturated heterocycles. The zero-order valence-electron chi connectivity index (χ0n) is 9.59. The fourth-order valence-electron chi connectivity index (χ4n) is 1.99. The first-order valence-corrected chi connectivity index (χ1v) is 5.50. The average Bonchev–Trinajstić information content (AvgIpc) is 2.28. The maximum absolute atomic E-state index is 10.8. The van der Waals surface area contributed by atoms with Crippen molar-refractivity contribution in [2.75, 3.05) is 0 Å². The molecule has 0 amide bonds. The minimum atomic E-state index is -0.961. The van der Waals surface area contributed by atoms with Crippen LogP contribution in [0.2, 0.25) is 0 Å². The Kier molecular flexibility index (Phi) is 3.28. The van der Waals surface area contributed by atoms with Crippen molar-refractivity contribution < 1.29 is 19.8 Å². The SMILES string of the molecule is O=C(O)Cc1cc2ccccc2cc1CC(=O)O. The van der Waals surface area contributed by atoms with E-state index in [1.807, 2.05) is 24.3 Å². The normalized spacial score (nSPS) is 10.4. The maximum atomic E-state index is 10.8. The van der Waals surface area contributed by atoms with Gasteiger partial charge in [0.1, 0.15) is 0 Å². The third kappa shape index (κ3) is 2.66. The van der Waals surface area contributed by atoms with E-state index in [4.69, 9.17) is 10.2 Å². The van der Waals surface area contributed by atoms with Crippen molar-refractivity contribution in [2.24, 2.45) is 0 Å². The lowest BCUT2D eigenvalue weighted by molar-refractivity contribution is -0.137. The van der Waals surface area contributed by atoms with Gasteiger partial charge in [-0.05, 0) is 21.9 Å². The number of benzene rings is 2. The zero-order chi connectivity index (χ0) is 13.1. The van der Waals surface area contributed by atoms with Gasteiger partial charge in [-0.1, -0.05) is 36.4 Å². The Labute approximate surface area is 103 Å². The molecule has 0 aliphatic heterocycles. The summed E-state index contributed by atoms with van der Waals surface area (Å²) in [6.45, 7) is 0. The van der Waals surface area contributed by atoms with E-state index in [0.29, 0.717) is 11.1 Å². The molecule has 0 saturated carbocycles. The Morgan fingerprint density at radius 2 is 1.22 bits per heavy atom. The minimum Gasteiger partial charge on any atom is -0.481 e. The van der Waals surface area contributed by atoms with Crippen molar-refractivity contribution in [1.29, 1.82) is 0 Å². The lowest BCUT2D eigenvalue weighted by atomic mass is 9.97. The van der Waals surface area contributed by atoms with Crippen LogP contribution in [0.25, 0.3) is 10.8 Å². The predicted molar refractivity (Wildman–Crippen MR) is 66.6 cm³/mol. The molecule has 0 aliphatic rings. The Bertz CT molecular complexity index is 562. The number of rotatable bonds is 4. The molecule has 18 heavy (non-hydrogen) atoms. The van der Waals surface area contributed by atoms with Crippen molar-refractivity contribution in [1.82, 2.24) is 0 Å². The fraction of sp³-hybridized carbons (Fsp3) is 0.143. The van der Waals surface area contributed by atoms with E-state index in [0.717, 1.165) is 10.8 Å². The highest BCUT2D eigenvalue weighted by Gasteiger charge is 2.11. The molecule has 2 aromatic carbocycles. The third-order valence-electron chi connectivity index (χ3n) is 2.75. The number of carbonyl (C=O) groups is 2. The van der Waals surface area contributed by atoms with Crippen LogP contribution in [-0.2, 0) is 22.4 Å². The minimum absolute atomic E-state index is 0.159. The molecule has 0 fully saturated rings. The predicted octanol–water partition coefficient (Wildman–Crippen LogP) is 2.09. The second-order valence-electron chi connectivity index (χ2n) is 4.11. The first-order valence-electron chi connectivity index (χ1n) is 5.50. The van der Waals surface area contributed by atoms with Crippen LogP contribution in [0.15, 0.2) is 36.4 Å². The summed E-state index contributed by atoms with van der Waals surface area (Å²) in [5.74, 6) is -1.92. The van der Waals surface area contributed by atoms with E-state index in [1.165, 1.54) is 0 Å². The highest BCUT2D eigenvalue weighted by molar-refractivity contribution is 5.86. The molecule has 0 unspecified atom stereocenters. The molecule has 0 aromatic heterocycles. The van der Waals surface area contributed by atoms with Crippen LogP contribution in [0.4, 0.5) is 0 Å². The van der Waals surface area contributed by atoms with Gasteiger partial charge in [-0.25, -0.2) is 0 Å². The van der Waals surface area contributed by atoms with Crippen molar-refractivity contribution in [3.8, 4) is 0 Å². The second kappa shape index (κ2) is 4.87. The molecule has 0 spiro atoms. The van der Waals surface area contributed by atoms with Gasteiger partial charge in [-0.3, -0.25) is 9.59 Å². The van der Waals surface area contributed by atoms with Gasteiger partial charge in [0.2, 0.25) is 0 Å². The first kappa shape index (κ1) is 12.1. The van der Waals surface area contributed by atoms with Crippen LogP contribution in [-0.4, -0.2) is 22.2 Å². The summed E-state index contributed by atoms with van der Waals surface area (Å²) in [5.41, 5.74) is 1.12. The van der Waals surface area contributed by atoms with Gasteiger partial charge in [0.05, 0.1) is 12.8 Å². The van der Waals surface area contributed by atoms with E-state index in [2.05, 4.69) is 0 Å². The van der Waals surface area contributed by atoms with E-state index < -0.39 is 11.9 Å². The summed E-state index contributed by atoms with van der Waals surface area (Å²) in [4.78, 5) is 21.6. The number of aliphatic carboxylic acids is 2. The molecule has 2 N–H and O–H groups in total. The topological polar surface area (TPSA) is 74.6 Å². The fourth-order valence-corrected chi connectivity index (χ4v) is 1.99. The number of hydrogen-bond donors (Lipinski definition) is 2. The zero-order valence-corrected chi connectivity index (χ0v) is 9.59. The Hall–Kier alpha value is -2.36. The van der Waals surface area contributed by atoms with Crippen LogP contribution < -0.4 is 0 Å². The van der Waals surface area contributed by atoms with Crippen molar-refractivity contribution in [2.45, 2.75) is 12.8 Å². The molecule has 2 rings (SSSR count). The van der Waals surface area contributed by atoms with Gasteiger partial charge < -0.3 is 10.2 Å². The van der Waals surface area contributed by atoms with Crippen LogP contribution in [0.5, 0.6) is 0 Å². The van der Waals surface area contributed by atoms with Crippen LogP contribution in [0.1, 0.15) is 11.1 Å². The van der Waals surface area contributed by atoms with E-state index in [-0.39, 0.29) is 12.8 Å². The molecular formula is C14H12O4.